The number of alkyl halides is 3. The number of methoxy groups -OCH3 is 1. The van der Waals surface area contributed by atoms with E-state index in [2.05, 4.69) is 10.3 Å². The predicted molar refractivity (Wildman–Crippen MR) is 118 cm³/mol. The number of thioether (sulfide) groups is 1. The number of rotatable bonds is 6. The molecule has 1 N–H and O–H groups in total. The smallest absolute Gasteiger partial charge is 0.416 e. The normalized spacial score (nSPS) is 15.5. The summed E-state index contributed by atoms with van der Waals surface area (Å²) in [5.74, 6) is -0.473. The minimum Gasteiger partial charge on any atom is -0.496 e. The number of aromatic nitrogens is 1. The van der Waals surface area contributed by atoms with Gasteiger partial charge in [-0.05, 0) is 30.3 Å². The summed E-state index contributed by atoms with van der Waals surface area (Å²) < 4.78 is 49.2. The van der Waals surface area contributed by atoms with E-state index in [0.29, 0.717) is 16.3 Å². The highest BCUT2D eigenvalue weighted by molar-refractivity contribution is 8.01. The Bertz CT molecular complexity index is 1200. The van der Waals surface area contributed by atoms with Crippen LogP contribution in [-0.2, 0) is 27.1 Å². The number of esters is 1. The van der Waals surface area contributed by atoms with E-state index >= 15 is 0 Å². The Labute approximate surface area is 195 Å². The first-order valence-corrected chi connectivity index (χ1v) is 11.4. The summed E-state index contributed by atoms with van der Waals surface area (Å²) >= 11 is 2.42. The topological polar surface area (TPSA) is 77.5 Å². The molecule has 172 valence electrons. The van der Waals surface area contributed by atoms with Gasteiger partial charge in [-0.3, -0.25) is 9.59 Å². The third-order valence-corrected chi connectivity index (χ3v) is 6.95. The molecule has 0 fully saturated rings. The summed E-state index contributed by atoms with van der Waals surface area (Å²) in [4.78, 5) is 29.5. The van der Waals surface area contributed by atoms with Gasteiger partial charge in [0.25, 0.3) is 0 Å². The molecular formula is C22H17F3N2O4S2. The van der Waals surface area contributed by atoms with Crippen molar-refractivity contribution in [1.82, 2.24) is 4.98 Å². The van der Waals surface area contributed by atoms with Gasteiger partial charge >= 0.3 is 12.1 Å². The highest BCUT2D eigenvalue weighted by atomic mass is 32.2. The Morgan fingerprint density at radius 2 is 2.00 bits per heavy atom. The van der Waals surface area contributed by atoms with Gasteiger partial charge in [-0.15, -0.1) is 23.1 Å². The molecule has 3 aromatic rings. The van der Waals surface area contributed by atoms with Gasteiger partial charge < -0.3 is 14.8 Å². The molecule has 6 nitrogen and oxygen atoms in total. The molecule has 0 radical (unpaired) electrons. The minimum absolute atomic E-state index is 0.0605. The first kappa shape index (κ1) is 23.1. The number of nitrogens with one attached hydrogen (secondary N) is 1. The monoisotopic (exact) mass is 494 g/mol. The standard InChI is InChI=1S/C22H17F3N2O4S2/c1-30-16-5-3-2-4-14(16)21-26-13(11-32-21)10-31-19(28)9-18-20(29)27-15-8-12(22(23,24)25)6-7-17(15)33-18/h2-8,11,18H,9-10H2,1H3,(H,27,29). The number of thiazole rings is 1. The maximum atomic E-state index is 12.9. The zero-order chi connectivity index (χ0) is 23.6. The van der Waals surface area contributed by atoms with Crippen molar-refractivity contribution in [2.24, 2.45) is 0 Å². The highest BCUT2D eigenvalue weighted by Crippen LogP contribution is 2.40. The number of anilines is 1. The lowest BCUT2D eigenvalue weighted by Crippen LogP contribution is -2.31. The number of ether oxygens (including phenoxy) is 2. The molecular weight excluding hydrogens is 477 g/mol. The molecule has 0 spiro atoms. The molecule has 2 aromatic carbocycles. The van der Waals surface area contributed by atoms with Gasteiger partial charge in [-0.1, -0.05) is 12.1 Å². The van der Waals surface area contributed by atoms with Crippen molar-refractivity contribution < 1.29 is 32.2 Å². The molecule has 0 saturated heterocycles. The van der Waals surface area contributed by atoms with Crippen LogP contribution in [0, 0.1) is 0 Å². The first-order chi connectivity index (χ1) is 15.7. The number of carbonyl (C=O) groups excluding carboxylic acids is 2. The molecule has 0 saturated carbocycles. The van der Waals surface area contributed by atoms with E-state index in [4.69, 9.17) is 9.47 Å². The molecule has 1 aromatic heterocycles. The summed E-state index contributed by atoms with van der Waals surface area (Å²) in [5.41, 5.74) is 0.608. The number of amides is 1. The molecule has 1 aliphatic rings. The zero-order valence-electron chi connectivity index (χ0n) is 17.1. The molecule has 2 heterocycles. The number of hydrogen-bond donors (Lipinski definition) is 1. The minimum atomic E-state index is -4.51. The van der Waals surface area contributed by atoms with Crippen LogP contribution in [0.1, 0.15) is 17.7 Å². The van der Waals surface area contributed by atoms with Gasteiger partial charge in [-0.25, -0.2) is 4.98 Å². The molecule has 1 atom stereocenters. The lowest BCUT2D eigenvalue weighted by Gasteiger charge is -2.24. The summed E-state index contributed by atoms with van der Waals surface area (Å²) in [6.07, 6.45) is -4.73. The van der Waals surface area contributed by atoms with Gasteiger partial charge in [-0.2, -0.15) is 13.2 Å². The van der Waals surface area contributed by atoms with Crippen molar-refractivity contribution in [3.63, 3.8) is 0 Å². The van der Waals surface area contributed by atoms with E-state index in [1.807, 2.05) is 24.3 Å². The van der Waals surface area contributed by atoms with Crippen molar-refractivity contribution in [3.05, 3.63) is 59.1 Å². The number of nitrogens with zero attached hydrogens (tertiary/aromatic N) is 1. The summed E-state index contributed by atoms with van der Waals surface area (Å²) in [7, 11) is 1.57. The van der Waals surface area contributed by atoms with Crippen LogP contribution >= 0.6 is 23.1 Å². The number of benzene rings is 2. The van der Waals surface area contributed by atoms with E-state index in [9.17, 15) is 22.8 Å². The Balaban J connectivity index is 1.35. The maximum Gasteiger partial charge on any atom is 0.416 e. The Morgan fingerprint density at radius 3 is 2.76 bits per heavy atom. The van der Waals surface area contributed by atoms with Gasteiger partial charge in [0.1, 0.15) is 17.4 Å². The molecule has 4 rings (SSSR count). The second-order valence-electron chi connectivity index (χ2n) is 7.01. The predicted octanol–water partition coefficient (Wildman–Crippen LogP) is 5.38. The number of para-hydroxylation sites is 1. The van der Waals surface area contributed by atoms with Crippen LogP contribution in [0.15, 0.2) is 52.7 Å². The third kappa shape index (κ3) is 5.31. The largest absolute Gasteiger partial charge is 0.496 e. The molecule has 1 amide bonds. The van der Waals surface area contributed by atoms with Crippen LogP contribution in [0.2, 0.25) is 0 Å². The fourth-order valence-corrected chi connectivity index (χ4v) is 5.05. The van der Waals surface area contributed by atoms with Crippen LogP contribution in [0.25, 0.3) is 10.6 Å². The second-order valence-corrected chi connectivity index (χ2v) is 9.12. The first-order valence-electron chi connectivity index (χ1n) is 9.67. The van der Waals surface area contributed by atoms with Crippen LogP contribution in [-0.4, -0.2) is 29.2 Å². The second kappa shape index (κ2) is 9.44. The van der Waals surface area contributed by atoms with Crippen molar-refractivity contribution in [2.75, 3.05) is 12.4 Å². The summed E-state index contributed by atoms with van der Waals surface area (Å²) in [6, 6.07) is 10.5. The number of fused-ring (bicyclic) bond motifs is 1. The quantitative estimate of drug-likeness (QED) is 0.464. The van der Waals surface area contributed by atoms with Crippen LogP contribution in [0.5, 0.6) is 5.75 Å². The maximum absolute atomic E-state index is 12.9. The summed E-state index contributed by atoms with van der Waals surface area (Å²) in [5, 5.41) is 4.13. The van der Waals surface area contributed by atoms with Gasteiger partial charge in [0.2, 0.25) is 5.91 Å². The molecule has 33 heavy (non-hydrogen) atoms. The van der Waals surface area contributed by atoms with Crippen molar-refractivity contribution in [1.29, 1.82) is 0 Å². The van der Waals surface area contributed by atoms with Crippen molar-refractivity contribution in [3.8, 4) is 16.3 Å². The van der Waals surface area contributed by atoms with E-state index in [-0.39, 0.29) is 18.7 Å². The lowest BCUT2D eigenvalue weighted by molar-refractivity contribution is -0.145. The molecule has 11 heteroatoms. The number of carbonyl (C=O) groups is 2. The van der Waals surface area contributed by atoms with Crippen LogP contribution < -0.4 is 10.1 Å². The Kier molecular flexibility index (Phi) is 6.61. The molecule has 0 aliphatic carbocycles. The van der Waals surface area contributed by atoms with E-state index in [1.54, 1.807) is 12.5 Å². The Morgan fingerprint density at radius 1 is 1.21 bits per heavy atom. The fraction of sp³-hybridized carbons (Fsp3) is 0.227. The average molecular weight is 495 g/mol. The van der Waals surface area contributed by atoms with Crippen LogP contribution in [0.3, 0.4) is 0 Å². The number of hydrogen-bond acceptors (Lipinski definition) is 7. The molecule has 0 bridgehead atoms. The average Bonchev–Trinajstić information content (AvgIpc) is 3.26. The van der Waals surface area contributed by atoms with Gasteiger partial charge in [0, 0.05) is 10.3 Å². The molecule has 1 unspecified atom stereocenters. The lowest BCUT2D eigenvalue weighted by atomic mass is 10.1. The fourth-order valence-electron chi connectivity index (χ4n) is 3.14. The molecule has 1 aliphatic heterocycles. The zero-order valence-corrected chi connectivity index (χ0v) is 18.8. The van der Waals surface area contributed by atoms with E-state index in [0.717, 1.165) is 34.5 Å². The Hall–Kier alpha value is -3.05. The SMILES string of the molecule is COc1ccccc1-c1nc(COC(=O)CC2Sc3ccc(C(F)(F)F)cc3NC2=O)cs1. The van der Waals surface area contributed by atoms with Crippen LogP contribution in [0.4, 0.5) is 18.9 Å². The highest BCUT2D eigenvalue weighted by Gasteiger charge is 2.34. The van der Waals surface area contributed by atoms with Gasteiger partial charge in [0.05, 0.1) is 41.3 Å². The van der Waals surface area contributed by atoms with E-state index < -0.39 is 28.9 Å². The number of halogens is 3. The third-order valence-electron chi connectivity index (χ3n) is 4.75. The summed E-state index contributed by atoms with van der Waals surface area (Å²) in [6.45, 7) is -0.0605. The van der Waals surface area contributed by atoms with Gasteiger partial charge in [0.15, 0.2) is 0 Å². The van der Waals surface area contributed by atoms with E-state index in [1.165, 1.54) is 17.4 Å². The van der Waals surface area contributed by atoms with Crippen molar-refractivity contribution in [2.45, 2.75) is 29.3 Å². The van der Waals surface area contributed by atoms with Crippen molar-refractivity contribution >= 4 is 40.7 Å².